The maximum atomic E-state index is 12.1. The fourth-order valence-electron chi connectivity index (χ4n) is 4.54. The molecule has 0 spiro atoms. The number of hydrogen-bond donors (Lipinski definition) is 0. The lowest BCUT2D eigenvalue weighted by Crippen LogP contribution is -2.61. The summed E-state index contributed by atoms with van der Waals surface area (Å²) >= 11 is 0. The average molecular weight is 344 g/mol. The van der Waals surface area contributed by atoms with E-state index in [1.807, 2.05) is 24.3 Å². The third-order valence-electron chi connectivity index (χ3n) is 5.97. The van der Waals surface area contributed by atoms with E-state index < -0.39 is 0 Å². The van der Waals surface area contributed by atoms with E-state index in [1.165, 1.54) is 55.8 Å². The quantitative estimate of drug-likeness (QED) is 0.464. The summed E-state index contributed by atoms with van der Waals surface area (Å²) in [6.45, 7) is 3.13. The predicted molar refractivity (Wildman–Crippen MR) is 99.3 cm³/mol. The molecule has 0 aliphatic carbocycles. The van der Waals surface area contributed by atoms with Gasteiger partial charge in [-0.3, -0.25) is 0 Å². The first-order chi connectivity index (χ1) is 12.1. The first-order valence-corrected chi connectivity index (χ1v) is 9.44. The van der Waals surface area contributed by atoms with Crippen molar-refractivity contribution in [2.75, 3.05) is 33.9 Å². The number of quaternary nitrogens is 1. The molecule has 2 aliphatic heterocycles. The van der Waals surface area contributed by atoms with Crippen molar-refractivity contribution < 1.29 is 18.8 Å². The summed E-state index contributed by atoms with van der Waals surface area (Å²) in [6, 6.07) is 8.29. The summed E-state index contributed by atoms with van der Waals surface area (Å²) < 4.78 is 11.9. The summed E-state index contributed by atoms with van der Waals surface area (Å²) in [5.41, 5.74) is 0.965. The van der Waals surface area contributed by atoms with Crippen molar-refractivity contribution in [2.24, 2.45) is 5.92 Å². The van der Waals surface area contributed by atoms with Crippen LogP contribution in [0.25, 0.3) is 6.08 Å². The van der Waals surface area contributed by atoms with E-state index in [-0.39, 0.29) is 5.97 Å². The first kappa shape index (κ1) is 18.0. The Labute approximate surface area is 151 Å². The normalized spacial score (nSPS) is 29.2. The molecule has 3 rings (SSSR count). The summed E-state index contributed by atoms with van der Waals surface area (Å²) in [7, 11) is 4.03. The van der Waals surface area contributed by atoms with Gasteiger partial charge in [-0.1, -0.05) is 12.1 Å². The van der Waals surface area contributed by atoms with Gasteiger partial charge in [-0.25, -0.2) is 4.79 Å². The Hall–Kier alpha value is -1.81. The van der Waals surface area contributed by atoms with E-state index in [0.717, 1.165) is 11.3 Å². The van der Waals surface area contributed by atoms with Crippen LogP contribution in [-0.2, 0) is 9.53 Å². The lowest BCUT2D eigenvalue weighted by Gasteiger charge is -2.51. The van der Waals surface area contributed by atoms with Gasteiger partial charge in [0.2, 0.25) is 0 Å². The Bertz CT molecular complexity index is 606. The summed E-state index contributed by atoms with van der Waals surface area (Å²) in [5.74, 6) is 1.08. The number of hydrogen-bond acceptors (Lipinski definition) is 3. The molecule has 1 aromatic carbocycles. The van der Waals surface area contributed by atoms with Crippen LogP contribution in [0.4, 0.5) is 0 Å². The van der Waals surface area contributed by atoms with Crippen LogP contribution in [0.5, 0.6) is 5.75 Å². The van der Waals surface area contributed by atoms with E-state index in [0.29, 0.717) is 18.6 Å². The number of methoxy groups -OCH3 is 1. The molecule has 1 aromatic rings. The van der Waals surface area contributed by atoms with Crippen molar-refractivity contribution in [1.29, 1.82) is 0 Å². The Balaban J connectivity index is 1.51. The zero-order chi connectivity index (χ0) is 17.7. The highest BCUT2D eigenvalue weighted by Crippen LogP contribution is 2.36. The fraction of sp³-hybridized carbons (Fsp3) is 0.571. The number of carbonyl (C=O) groups excluding carboxylic acids is 1. The summed E-state index contributed by atoms with van der Waals surface area (Å²) in [5, 5.41) is 0. The van der Waals surface area contributed by atoms with Crippen molar-refractivity contribution in [3.05, 3.63) is 35.9 Å². The molecular weight excluding hydrogens is 314 g/mol. The van der Waals surface area contributed by atoms with Crippen molar-refractivity contribution in [2.45, 2.75) is 38.1 Å². The van der Waals surface area contributed by atoms with Gasteiger partial charge in [0.15, 0.2) is 0 Å². The SMILES string of the molecule is COc1ccc(/C=C/C(=O)OC[C@@H]2CCC[N@@+]3(C)CCCC[C@H]23)cc1. The summed E-state index contributed by atoms with van der Waals surface area (Å²) in [6.07, 6.45) is 9.69. The molecule has 0 saturated carbocycles. The minimum atomic E-state index is -0.244. The van der Waals surface area contributed by atoms with E-state index in [2.05, 4.69) is 7.05 Å². The standard InChI is InChI=1S/C21H30NO3/c1-22-14-4-3-7-20(22)18(6-5-15-22)16-25-21(23)13-10-17-8-11-19(24-2)12-9-17/h8-13,18,20H,3-7,14-16H2,1-2H3/q+1/b13-10+/t18-,20+,22+/m0/s1. The number of carbonyl (C=O) groups is 1. The van der Waals surface area contributed by atoms with Crippen LogP contribution in [0.2, 0.25) is 0 Å². The molecule has 0 radical (unpaired) electrons. The minimum Gasteiger partial charge on any atom is -0.497 e. The monoisotopic (exact) mass is 344 g/mol. The molecule has 25 heavy (non-hydrogen) atoms. The number of ether oxygens (including phenoxy) is 2. The highest BCUT2D eigenvalue weighted by molar-refractivity contribution is 5.87. The molecule has 2 fully saturated rings. The Morgan fingerprint density at radius 1 is 1.16 bits per heavy atom. The molecule has 0 N–H and O–H groups in total. The third-order valence-corrected chi connectivity index (χ3v) is 5.97. The number of esters is 1. The second-order valence-corrected chi connectivity index (χ2v) is 7.63. The summed E-state index contributed by atoms with van der Waals surface area (Å²) in [4.78, 5) is 12.1. The van der Waals surface area contributed by atoms with Crippen LogP contribution in [-0.4, -0.2) is 50.3 Å². The van der Waals surface area contributed by atoms with Crippen LogP contribution in [0, 0.1) is 5.92 Å². The van der Waals surface area contributed by atoms with Crippen molar-refractivity contribution >= 4 is 12.0 Å². The number of nitrogens with zero attached hydrogens (tertiary/aromatic N) is 1. The molecule has 2 saturated heterocycles. The molecular formula is C21H30NO3+. The zero-order valence-corrected chi connectivity index (χ0v) is 15.4. The molecule has 0 aromatic heterocycles. The molecule has 4 heteroatoms. The lowest BCUT2D eigenvalue weighted by molar-refractivity contribution is -0.947. The topological polar surface area (TPSA) is 35.5 Å². The van der Waals surface area contributed by atoms with Crippen LogP contribution in [0.1, 0.15) is 37.7 Å². The first-order valence-electron chi connectivity index (χ1n) is 9.44. The van der Waals surface area contributed by atoms with Gasteiger partial charge in [0.1, 0.15) is 12.4 Å². The number of rotatable bonds is 5. The van der Waals surface area contributed by atoms with Crippen LogP contribution >= 0.6 is 0 Å². The Morgan fingerprint density at radius 2 is 1.92 bits per heavy atom. The predicted octanol–water partition coefficient (Wildman–Crippen LogP) is 3.66. The maximum Gasteiger partial charge on any atom is 0.330 e. The van der Waals surface area contributed by atoms with Crippen LogP contribution < -0.4 is 4.74 Å². The second-order valence-electron chi connectivity index (χ2n) is 7.63. The minimum absolute atomic E-state index is 0.244. The van der Waals surface area contributed by atoms with Gasteiger partial charge < -0.3 is 14.0 Å². The molecule has 2 heterocycles. The second kappa shape index (κ2) is 8.05. The maximum absolute atomic E-state index is 12.1. The average Bonchev–Trinajstić information content (AvgIpc) is 2.64. The van der Waals surface area contributed by atoms with Gasteiger partial charge in [0, 0.05) is 18.4 Å². The fourth-order valence-corrected chi connectivity index (χ4v) is 4.54. The molecule has 0 unspecified atom stereocenters. The van der Waals surface area contributed by atoms with E-state index in [1.54, 1.807) is 13.2 Å². The van der Waals surface area contributed by atoms with E-state index in [9.17, 15) is 4.79 Å². The molecule has 0 bridgehead atoms. The van der Waals surface area contributed by atoms with Gasteiger partial charge in [0.05, 0.1) is 33.3 Å². The van der Waals surface area contributed by atoms with Crippen LogP contribution in [0.3, 0.4) is 0 Å². The smallest absolute Gasteiger partial charge is 0.330 e. The molecule has 3 atom stereocenters. The van der Waals surface area contributed by atoms with Crippen molar-refractivity contribution in [3.8, 4) is 5.75 Å². The third kappa shape index (κ3) is 4.43. The molecule has 136 valence electrons. The van der Waals surface area contributed by atoms with Gasteiger partial charge >= 0.3 is 5.97 Å². The number of piperidine rings is 2. The van der Waals surface area contributed by atoms with Crippen LogP contribution in [0.15, 0.2) is 30.3 Å². The number of fused-ring (bicyclic) bond motifs is 1. The molecule has 0 amide bonds. The Morgan fingerprint density at radius 3 is 2.68 bits per heavy atom. The largest absolute Gasteiger partial charge is 0.497 e. The number of benzene rings is 1. The molecule has 4 nitrogen and oxygen atoms in total. The van der Waals surface area contributed by atoms with E-state index >= 15 is 0 Å². The highest BCUT2D eigenvalue weighted by atomic mass is 16.5. The molecule has 2 aliphatic rings. The van der Waals surface area contributed by atoms with Crippen molar-refractivity contribution in [3.63, 3.8) is 0 Å². The van der Waals surface area contributed by atoms with Gasteiger partial charge in [-0.2, -0.15) is 0 Å². The van der Waals surface area contributed by atoms with Gasteiger partial charge in [-0.15, -0.1) is 0 Å². The van der Waals surface area contributed by atoms with Gasteiger partial charge in [-0.05, 0) is 49.5 Å². The zero-order valence-electron chi connectivity index (χ0n) is 15.4. The van der Waals surface area contributed by atoms with Gasteiger partial charge in [0.25, 0.3) is 0 Å². The Kier molecular flexibility index (Phi) is 5.79. The van der Waals surface area contributed by atoms with E-state index in [4.69, 9.17) is 9.47 Å². The lowest BCUT2D eigenvalue weighted by atomic mass is 9.82. The highest BCUT2D eigenvalue weighted by Gasteiger charge is 2.43. The van der Waals surface area contributed by atoms with Crippen molar-refractivity contribution in [1.82, 2.24) is 0 Å².